The standard InChI is InChI=1S/C21H20F3N3O3S/c1-11-16(19(28)26-14-9-5-4-8-13(14)21(22,23)24)17(27-20(31)25-11)12-7-6-10-15(29-2)18(12)30-3/h4-10,17H,1-3H3,(H,26,28)(H2,25,27,31)/t17-/m0/s1. The van der Waals surface area contributed by atoms with Crippen molar-refractivity contribution in [3.05, 3.63) is 64.9 Å². The first-order chi connectivity index (χ1) is 14.7. The van der Waals surface area contributed by atoms with Gasteiger partial charge in [0.2, 0.25) is 0 Å². The molecule has 1 amide bonds. The van der Waals surface area contributed by atoms with Gasteiger partial charge in [0.1, 0.15) is 0 Å². The van der Waals surface area contributed by atoms with Crippen LogP contribution in [-0.4, -0.2) is 25.2 Å². The van der Waals surface area contributed by atoms with Crippen LogP contribution in [0.2, 0.25) is 0 Å². The molecule has 3 rings (SSSR count). The summed E-state index contributed by atoms with van der Waals surface area (Å²) >= 11 is 5.23. The van der Waals surface area contributed by atoms with Crippen molar-refractivity contribution in [2.24, 2.45) is 0 Å². The zero-order valence-corrected chi connectivity index (χ0v) is 17.7. The lowest BCUT2D eigenvalue weighted by Gasteiger charge is -2.31. The minimum absolute atomic E-state index is 0.164. The van der Waals surface area contributed by atoms with Crippen LogP contribution in [0.1, 0.15) is 24.1 Å². The Kier molecular flexibility index (Phi) is 6.40. The summed E-state index contributed by atoms with van der Waals surface area (Å²) in [7, 11) is 2.93. The van der Waals surface area contributed by atoms with E-state index in [1.165, 1.54) is 32.4 Å². The molecule has 6 nitrogen and oxygen atoms in total. The van der Waals surface area contributed by atoms with Gasteiger partial charge in [0, 0.05) is 11.3 Å². The molecule has 0 fully saturated rings. The van der Waals surface area contributed by atoms with Crippen molar-refractivity contribution in [1.82, 2.24) is 10.6 Å². The average molecular weight is 451 g/mol. The Hall–Kier alpha value is -3.27. The third-order valence-corrected chi connectivity index (χ3v) is 4.96. The fraction of sp³-hybridized carbons (Fsp3) is 0.238. The van der Waals surface area contributed by atoms with Crippen molar-refractivity contribution in [3.63, 3.8) is 0 Å². The Morgan fingerprint density at radius 3 is 2.45 bits per heavy atom. The van der Waals surface area contributed by atoms with Gasteiger partial charge in [-0.1, -0.05) is 24.3 Å². The lowest BCUT2D eigenvalue weighted by Crippen LogP contribution is -2.46. The Labute approximate surface area is 182 Å². The van der Waals surface area contributed by atoms with Gasteiger partial charge in [-0.3, -0.25) is 4.79 Å². The van der Waals surface area contributed by atoms with Gasteiger partial charge >= 0.3 is 6.18 Å². The highest BCUT2D eigenvalue weighted by molar-refractivity contribution is 7.80. The molecule has 0 aliphatic carbocycles. The van der Waals surface area contributed by atoms with E-state index < -0.39 is 23.7 Å². The first kappa shape index (κ1) is 22.4. The number of halogens is 3. The number of hydrogen-bond acceptors (Lipinski definition) is 4. The van der Waals surface area contributed by atoms with Crippen LogP contribution in [-0.2, 0) is 11.0 Å². The maximum absolute atomic E-state index is 13.4. The number of nitrogens with one attached hydrogen (secondary N) is 3. The van der Waals surface area contributed by atoms with Gasteiger partial charge in [-0.25, -0.2) is 0 Å². The molecule has 1 atom stereocenters. The number of ether oxygens (including phenoxy) is 2. The van der Waals surface area contributed by atoms with E-state index in [-0.39, 0.29) is 16.4 Å². The predicted octanol–water partition coefficient (Wildman–Crippen LogP) is 4.15. The number of anilines is 1. The number of benzene rings is 2. The monoisotopic (exact) mass is 451 g/mol. The highest BCUT2D eigenvalue weighted by Crippen LogP contribution is 2.40. The molecule has 0 saturated heterocycles. The van der Waals surface area contributed by atoms with E-state index in [1.54, 1.807) is 25.1 Å². The summed E-state index contributed by atoms with van der Waals surface area (Å²) in [5, 5.41) is 8.50. The number of carbonyl (C=O) groups excluding carboxylic acids is 1. The van der Waals surface area contributed by atoms with Crippen molar-refractivity contribution in [2.75, 3.05) is 19.5 Å². The van der Waals surface area contributed by atoms with Gasteiger partial charge in [-0.15, -0.1) is 0 Å². The maximum atomic E-state index is 13.4. The quantitative estimate of drug-likeness (QED) is 0.594. The molecule has 164 valence electrons. The highest BCUT2D eigenvalue weighted by Gasteiger charge is 2.36. The van der Waals surface area contributed by atoms with Crippen LogP contribution in [0.5, 0.6) is 11.5 Å². The van der Waals surface area contributed by atoms with Crippen LogP contribution in [0.25, 0.3) is 0 Å². The first-order valence-corrected chi connectivity index (χ1v) is 9.55. The minimum atomic E-state index is -4.62. The largest absolute Gasteiger partial charge is 0.493 e. The zero-order chi connectivity index (χ0) is 22.8. The van der Waals surface area contributed by atoms with E-state index >= 15 is 0 Å². The van der Waals surface area contributed by atoms with Crippen LogP contribution in [0.4, 0.5) is 18.9 Å². The van der Waals surface area contributed by atoms with Gasteiger partial charge in [-0.2, -0.15) is 13.2 Å². The van der Waals surface area contributed by atoms with Crippen LogP contribution in [0, 0.1) is 0 Å². The third kappa shape index (κ3) is 4.58. The second-order valence-corrected chi connectivity index (χ2v) is 7.06. The number of alkyl halides is 3. The summed E-state index contributed by atoms with van der Waals surface area (Å²) in [6.07, 6.45) is -4.62. The second kappa shape index (κ2) is 8.84. The van der Waals surface area contributed by atoms with Crippen LogP contribution < -0.4 is 25.4 Å². The molecule has 3 N–H and O–H groups in total. The fourth-order valence-corrected chi connectivity index (χ4v) is 3.67. The zero-order valence-electron chi connectivity index (χ0n) is 16.9. The summed E-state index contributed by atoms with van der Waals surface area (Å²) in [5.41, 5.74) is -0.175. The molecular weight excluding hydrogens is 431 g/mol. The second-order valence-electron chi connectivity index (χ2n) is 6.65. The molecule has 1 aliphatic heterocycles. The van der Waals surface area contributed by atoms with Crippen molar-refractivity contribution >= 4 is 28.9 Å². The Bertz CT molecular complexity index is 1050. The van der Waals surface area contributed by atoms with Crippen LogP contribution in [0.3, 0.4) is 0 Å². The van der Waals surface area contributed by atoms with E-state index in [9.17, 15) is 18.0 Å². The van der Waals surface area contributed by atoms with Crippen LogP contribution in [0.15, 0.2) is 53.7 Å². The Morgan fingerprint density at radius 2 is 1.81 bits per heavy atom. The van der Waals surface area contributed by atoms with Gasteiger partial charge < -0.3 is 25.4 Å². The fourth-order valence-electron chi connectivity index (χ4n) is 3.40. The molecular formula is C21H20F3N3O3S. The van der Waals surface area contributed by atoms with Crippen molar-refractivity contribution in [3.8, 4) is 11.5 Å². The van der Waals surface area contributed by atoms with E-state index in [0.29, 0.717) is 22.8 Å². The van der Waals surface area contributed by atoms with Crippen molar-refractivity contribution in [2.45, 2.75) is 19.1 Å². The Balaban J connectivity index is 2.06. The van der Waals surface area contributed by atoms with Gasteiger partial charge in [0.05, 0.1) is 37.1 Å². The number of thiocarbonyl (C=S) groups is 1. The van der Waals surface area contributed by atoms with Gasteiger partial charge in [0.15, 0.2) is 16.6 Å². The first-order valence-electron chi connectivity index (χ1n) is 9.14. The smallest absolute Gasteiger partial charge is 0.418 e. The number of para-hydroxylation sites is 2. The predicted molar refractivity (Wildman–Crippen MR) is 114 cm³/mol. The molecule has 1 heterocycles. The van der Waals surface area contributed by atoms with Gasteiger partial charge in [-0.05, 0) is 37.3 Å². The summed E-state index contributed by atoms with van der Waals surface area (Å²) in [5.74, 6) is 0.0960. The molecule has 0 aromatic heterocycles. The SMILES string of the molecule is COc1cccc([C@@H]2NC(=S)NC(C)=C2C(=O)Nc2ccccc2C(F)(F)F)c1OC. The number of carbonyl (C=O) groups is 1. The number of allylic oxidation sites excluding steroid dienone is 1. The number of hydrogen-bond donors (Lipinski definition) is 3. The molecule has 0 radical (unpaired) electrons. The molecule has 10 heteroatoms. The molecule has 0 bridgehead atoms. The molecule has 2 aromatic carbocycles. The van der Waals surface area contributed by atoms with Crippen molar-refractivity contribution in [1.29, 1.82) is 0 Å². The molecule has 31 heavy (non-hydrogen) atoms. The van der Waals surface area contributed by atoms with E-state index in [2.05, 4.69) is 16.0 Å². The lowest BCUT2D eigenvalue weighted by molar-refractivity contribution is -0.137. The maximum Gasteiger partial charge on any atom is 0.418 e. The average Bonchev–Trinajstić information content (AvgIpc) is 2.71. The van der Waals surface area contributed by atoms with E-state index in [0.717, 1.165) is 6.07 Å². The summed E-state index contributed by atoms with van der Waals surface area (Å²) in [4.78, 5) is 13.2. The minimum Gasteiger partial charge on any atom is -0.493 e. The lowest BCUT2D eigenvalue weighted by atomic mass is 9.93. The van der Waals surface area contributed by atoms with E-state index in [4.69, 9.17) is 21.7 Å². The highest BCUT2D eigenvalue weighted by atomic mass is 32.1. The summed E-state index contributed by atoms with van der Waals surface area (Å²) in [6, 6.07) is 9.13. The third-order valence-electron chi connectivity index (χ3n) is 4.74. The van der Waals surface area contributed by atoms with E-state index in [1.807, 2.05) is 0 Å². The van der Waals surface area contributed by atoms with Gasteiger partial charge in [0.25, 0.3) is 5.91 Å². The van der Waals surface area contributed by atoms with Crippen LogP contribution >= 0.6 is 12.2 Å². The molecule has 0 spiro atoms. The van der Waals surface area contributed by atoms with Crippen molar-refractivity contribution < 1.29 is 27.4 Å². The number of methoxy groups -OCH3 is 2. The molecule has 1 aliphatic rings. The molecule has 0 unspecified atom stereocenters. The summed E-state index contributed by atoms with van der Waals surface area (Å²) in [6.45, 7) is 1.62. The number of rotatable bonds is 5. The Morgan fingerprint density at radius 1 is 1.10 bits per heavy atom. The normalized spacial score (nSPS) is 16.3. The topological polar surface area (TPSA) is 71.6 Å². The number of amides is 1. The molecule has 2 aromatic rings. The summed E-state index contributed by atoms with van der Waals surface area (Å²) < 4.78 is 50.9. The molecule has 0 saturated carbocycles.